The molecule has 0 spiro atoms. The Morgan fingerprint density at radius 1 is 1.35 bits per heavy atom. The lowest BCUT2D eigenvalue weighted by Crippen LogP contribution is -2.37. The van der Waals surface area contributed by atoms with E-state index in [1.807, 2.05) is 6.92 Å². The van der Waals surface area contributed by atoms with E-state index in [1.165, 1.54) is 11.3 Å². The molecule has 0 radical (unpaired) electrons. The fraction of sp³-hybridized carbons (Fsp3) is 0.571. The van der Waals surface area contributed by atoms with Crippen LogP contribution in [-0.4, -0.2) is 24.8 Å². The molecular weight excluding hydrogens is 212 g/mol. The normalized spacial score (nSPS) is 25.2. The zero-order valence-electron chi connectivity index (χ0n) is 10.6. The lowest BCUT2D eigenvalue weighted by atomic mass is 9.82. The summed E-state index contributed by atoms with van der Waals surface area (Å²) in [5.74, 6) is 0.642. The van der Waals surface area contributed by atoms with Crippen LogP contribution in [0.25, 0.3) is 0 Å². The van der Waals surface area contributed by atoms with Gasteiger partial charge in [-0.2, -0.15) is 0 Å². The van der Waals surface area contributed by atoms with E-state index in [0.29, 0.717) is 5.92 Å². The molecule has 1 aliphatic carbocycles. The van der Waals surface area contributed by atoms with Gasteiger partial charge in [0.1, 0.15) is 0 Å². The van der Waals surface area contributed by atoms with Crippen LogP contribution >= 0.6 is 0 Å². The van der Waals surface area contributed by atoms with Crippen molar-refractivity contribution in [3.63, 3.8) is 0 Å². The van der Waals surface area contributed by atoms with Gasteiger partial charge in [0.05, 0.1) is 6.10 Å². The lowest BCUT2D eigenvalue weighted by Gasteiger charge is -2.35. The number of hydrogen-bond acceptors (Lipinski definition) is 3. The molecule has 3 heteroatoms. The summed E-state index contributed by atoms with van der Waals surface area (Å²) in [6, 6.07) is 8.51. The number of aliphatic hydroxyl groups is 1. The molecular formula is C14H22N2O. The zero-order chi connectivity index (χ0) is 12.4. The van der Waals surface area contributed by atoms with E-state index in [1.54, 1.807) is 0 Å². The highest BCUT2D eigenvalue weighted by Gasteiger charge is 2.27. The van der Waals surface area contributed by atoms with Crippen LogP contribution in [0.1, 0.15) is 31.4 Å². The van der Waals surface area contributed by atoms with Crippen molar-refractivity contribution in [2.24, 2.45) is 11.7 Å². The summed E-state index contributed by atoms with van der Waals surface area (Å²) < 4.78 is 0. The number of nitrogens with two attached hydrogens (primary N) is 1. The van der Waals surface area contributed by atoms with E-state index in [4.69, 9.17) is 5.73 Å². The van der Waals surface area contributed by atoms with Crippen LogP contribution in [0, 0.1) is 5.92 Å². The molecule has 0 heterocycles. The standard InChI is InChI=1S/C14H22N2O/c1-10(15)12-3-5-13(6-4-12)16(2)9-11-7-14(17)8-11/h3-6,10-11,14,17H,7-9,15H2,1-2H3/t10-,11?,14?/m1/s1. The Hall–Kier alpha value is -1.06. The first-order valence-electron chi connectivity index (χ1n) is 6.31. The molecule has 1 aromatic rings. The Bertz CT molecular complexity index is 355. The maximum atomic E-state index is 9.27. The third kappa shape index (κ3) is 2.99. The summed E-state index contributed by atoms with van der Waals surface area (Å²) in [4.78, 5) is 2.25. The molecule has 3 nitrogen and oxygen atoms in total. The van der Waals surface area contributed by atoms with E-state index < -0.39 is 0 Å². The third-order valence-electron chi connectivity index (χ3n) is 3.60. The van der Waals surface area contributed by atoms with Gasteiger partial charge in [-0.05, 0) is 43.4 Å². The second kappa shape index (κ2) is 5.07. The first kappa shape index (κ1) is 12.4. The van der Waals surface area contributed by atoms with Crippen LogP contribution in [0.15, 0.2) is 24.3 Å². The molecule has 1 fully saturated rings. The minimum atomic E-state index is -0.0612. The van der Waals surface area contributed by atoms with E-state index >= 15 is 0 Å². The van der Waals surface area contributed by atoms with Crippen molar-refractivity contribution in [1.82, 2.24) is 0 Å². The van der Waals surface area contributed by atoms with Crippen molar-refractivity contribution in [1.29, 1.82) is 0 Å². The average Bonchev–Trinajstić information content (AvgIpc) is 2.27. The topological polar surface area (TPSA) is 49.5 Å². The molecule has 1 saturated carbocycles. The Balaban J connectivity index is 1.92. The molecule has 1 aromatic carbocycles. The summed E-state index contributed by atoms with van der Waals surface area (Å²) in [7, 11) is 2.10. The van der Waals surface area contributed by atoms with Gasteiger partial charge >= 0.3 is 0 Å². The van der Waals surface area contributed by atoms with Crippen molar-refractivity contribution in [2.45, 2.75) is 31.9 Å². The highest BCUT2D eigenvalue weighted by Crippen LogP contribution is 2.29. The Morgan fingerprint density at radius 3 is 2.41 bits per heavy atom. The number of benzene rings is 1. The molecule has 17 heavy (non-hydrogen) atoms. The molecule has 0 bridgehead atoms. The molecule has 0 aromatic heterocycles. The average molecular weight is 234 g/mol. The molecule has 1 aliphatic rings. The van der Waals surface area contributed by atoms with Crippen LogP contribution in [0.2, 0.25) is 0 Å². The molecule has 1 atom stereocenters. The summed E-state index contributed by atoms with van der Waals surface area (Å²) in [5.41, 5.74) is 8.21. The van der Waals surface area contributed by atoms with E-state index in [0.717, 1.165) is 19.4 Å². The first-order valence-corrected chi connectivity index (χ1v) is 6.31. The van der Waals surface area contributed by atoms with Gasteiger partial charge in [-0.25, -0.2) is 0 Å². The van der Waals surface area contributed by atoms with Gasteiger partial charge in [-0.15, -0.1) is 0 Å². The molecule has 0 aliphatic heterocycles. The molecule has 2 rings (SSSR count). The van der Waals surface area contributed by atoms with E-state index in [9.17, 15) is 5.11 Å². The Morgan fingerprint density at radius 2 is 1.94 bits per heavy atom. The largest absolute Gasteiger partial charge is 0.393 e. The van der Waals surface area contributed by atoms with Gasteiger partial charge in [-0.1, -0.05) is 12.1 Å². The minimum absolute atomic E-state index is 0.0612. The van der Waals surface area contributed by atoms with Crippen LogP contribution in [0.4, 0.5) is 5.69 Å². The van der Waals surface area contributed by atoms with Crippen LogP contribution in [0.3, 0.4) is 0 Å². The molecule has 3 N–H and O–H groups in total. The quantitative estimate of drug-likeness (QED) is 0.836. The smallest absolute Gasteiger partial charge is 0.0546 e. The summed E-state index contributed by atoms with van der Waals surface area (Å²) in [6.45, 7) is 3.02. The minimum Gasteiger partial charge on any atom is -0.393 e. The van der Waals surface area contributed by atoms with Gasteiger partial charge in [-0.3, -0.25) is 0 Å². The molecule has 0 unspecified atom stereocenters. The highest BCUT2D eigenvalue weighted by atomic mass is 16.3. The SMILES string of the molecule is C[C@@H](N)c1ccc(N(C)CC2CC(O)C2)cc1. The molecule has 94 valence electrons. The van der Waals surface area contributed by atoms with Crippen LogP contribution < -0.4 is 10.6 Å². The predicted octanol–water partition coefficient (Wildman–Crippen LogP) is 1.91. The Kier molecular flexibility index (Phi) is 3.69. The number of nitrogens with zero attached hydrogens (tertiary/aromatic N) is 1. The highest BCUT2D eigenvalue weighted by molar-refractivity contribution is 5.47. The first-order chi connectivity index (χ1) is 8.06. The van der Waals surface area contributed by atoms with Crippen molar-refractivity contribution in [3.05, 3.63) is 29.8 Å². The number of rotatable bonds is 4. The molecule has 0 saturated heterocycles. The third-order valence-corrected chi connectivity index (χ3v) is 3.60. The van der Waals surface area contributed by atoms with Gasteiger partial charge in [0.25, 0.3) is 0 Å². The summed E-state index contributed by atoms with van der Waals surface area (Å²) in [5, 5.41) is 9.27. The fourth-order valence-electron chi connectivity index (χ4n) is 2.37. The second-order valence-corrected chi connectivity index (χ2v) is 5.25. The summed E-state index contributed by atoms with van der Waals surface area (Å²) in [6.07, 6.45) is 1.83. The fourth-order valence-corrected chi connectivity index (χ4v) is 2.37. The number of anilines is 1. The van der Waals surface area contributed by atoms with Crippen molar-refractivity contribution in [3.8, 4) is 0 Å². The Labute approximate surface area is 103 Å². The van der Waals surface area contributed by atoms with Gasteiger partial charge < -0.3 is 15.7 Å². The van der Waals surface area contributed by atoms with E-state index in [-0.39, 0.29) is 12.1 Å². The van der Waals surface area contributed by atoms with Crippen LogP contribution in [0.5, 0.6) is 0 Å². The lowest BCUT2D eigenvalue weighted by molar-refractivity contribution is 0.0465. The number of hydrogen-bond donors (Lipinski definition) is 2. The van der Waals surface area contributed by atoms with Crippen LogP contribution in [-0.2, 0) is 0 Å². The van der Waals surface area contributed by atoms with Crippen molar-refractivity contribution in [2.75, 3.05) is 18.5 Å². The van der Waals surface area contributed by atoms with Gasteiger partial charge in [0.2, 0.25) is 0 Å². The van der Waals surface area contributed by atoms with Crippen molar-refractivity contribution < 1.29 is 5.11 Å². The monoisotopic (exact) mass is 234 g/mol. The maximum Gasteiger partial charge on any atom is 0.0546 e. The predicted molar refractivity (Wildman–Crippen MR) is 71.0 cm³/mol. The second-order valence-electron chi connectivity index (χ2n) is 5.25. The van der Waals surface area contributed by atoms with Gasteiger partial charge in [0.15, 0.2) is 0 Å². The zero-order valence-corrected chi connectivity index (χ0v) is 10.6. The molecule has 0 amide bonds. The number of aliphatic hydroxyl groups excluding tert-OH is 1. The maximum absolute atomic E-state index is 9.27. The van der Waals surface area contributed by atoms with E-state index in [2.05, 4.69) is 36.2 Å². The summed E-state index contributed by atoms with van der Waals surface area (Å²) >= 11 is 0. The van der Waals surface area contributed by atoms with Gasteiger partial charge in [0, 0.05) is 25.3 Å². The van der Waals surface area contributed by atoms with Crippen molar-refractivity contribution >= 4 is 5.69 Å².